The van der Waals surface area contributed by atoms with E-state index in [0.717, 1.165) is 11.7 Å². The molecule has 0 aromatic heterocycles. The van der Waals surface area contributed by atoms with Crippen LogP contribution in [0.2, 0.25) is 0 Å². The molecular formula is C10H16OS. The summed E-state index contributed by atoms with van der Waals surface area (Å²) in [6.45, 7) is 4.15. The maximum Gasteiger partial charge on any atom is 0.165 e. The molecule has 2 heteroatoms. The first-order valence-electron chi connectivity index (χ1n) is 4.52. The minimum absolute atomic E-state index is 0.284. The quantitative estimate of drug-likeness (QED) is 0.611. The van der Waals surface area contributed by atoms with E-state index < -0.39 is 0 Å². The lowest BCUT2D eigenvalue weighted by Gasteiger charge is -1.96. The minimum Gasteiger partial charge on any atom is -0.294 e. The average Bonchev–Trinajstić information content (AvgIpc) is 2.82. The Balaban J connectivity index is 2.27. The smallest absolute Gasteiger partial charge is 0.165 e. The average molecular weight is 184 g/mol. The molecule has 0 spiro atoms. The van der Waals surface area contributed by atoms with Crippen LogP contribution >= 0.6 is 11.8 Å². The van der Waals surface area contributed by atoms with Crippen molar-refractivity contribution in [3.05, 3.63) is 11.6 Å². The Morgan fingerprint density at radius 1 is 1.58 bits per heavy atom. The number of carbonyl (C=O) groups is 1. The lowest BCUT2D eigenvalue weighted by atomic mass is 10.1. The Morgan fingerprint density at radius 3 is 2.75 bits per heavy atom. The molecular weight excluding hydrogens is 168 g/mol. The van der Waals surface area contributed by atoms with Gasteiger partial charge in [-0.05, 0) is 37.5 Å². The molecule has 0 atom stereocenters. The van der Waals surface area contributed by atoms with Crippen LogP contribution in [0.3, 0.4) is 0 Å². The van der Waals surface area contributed by atoms with E-state index in [1.807, 2.05) is 6.08 Å². The van der Waals surface area contributed by atoms with Gasteiger partial charge < -0.3 is 0 Å². The van der Waals surface area contributed by atoms with Crippen LogP contribution in [0.4, 0.5) is 0 Å². The monoisotopic (exact) mass is 184 g/mol. The van der Waals surface area contributed by atoms with Gasteiger partial charge in [0.25, 0.3) is 0 Å². The van der Waals surface area contributed by atoms with Crippen LogP contribution in [0.5, 0.6) is 0 Å². The molecule has 12 heavy (non-hydrogen) atoms. The van der Waals surface area contributed by atoms with Crippen molar-refractivity contribution in [1.29, 1.82) is 0 Å². The molecule has 1 fully saturated rings. The second-order valence-electron chi connectivity index (χ2n) is 3.27. The highest BCUT2D eigenvalue weighted by Crippen LogP contribution is 2.35. The van der Waals surface area contributed by atoms with Crippen LogP contribution < -0.4 is 0 Å². The van der Waals surface area contributed by atoms with Gasteiger partial charge in [0.05, 0.1) is 5.75 Å². The number of hydrogen-bond acceptors (Lipinski definition) is 2. The van der Waals surface area contributed by atoms with Crippen LogP contribution in [-0.4, -0.2) is 17.3 Å². The van der Waals surface area contributed by atoms with Gasteiger partial charge in [0.1, 0.15) is 0 Å². The van der Waals surface area contributed by atoms with Crippen LogP contribution in [0.1, 0.15) is 26.7 Å². The van der Waals surface area contributed by atoms with Crippen molar-refractivity contribution in [2.45, 2.75) is 26.7 Å². The van der Waals surface area contributed by atoms with Crippen molar-refractivity contribution in [2.75, 3.05) is 11.5 Å². The van der Waals surface area contributed by atoms with E-state index in [9.17, 15) is 4.79 Å². The number of thioether (sulfide) groups is 1. The summed E-state index contributed by atoms with van der Waals surface area (Å²) in [6.07, 6.45) is 4.41. The second kappa shape index (κ2) is 4.70. The van der Waals surface area contributed by atoms with Gasteiger partial charge >= 0.3 is 0 Å². The Morgan fingerprint density at radius 2 is 2.25 bits per heavy atom. The Labute approximate surface area is 78.6 Å². The van der Waals surface area contributed by atoms with Gasteiger partial charge in [-0.2, -0.15) is 11.8 Å². The fourth-order valence-electron chi connectivity index (χ4n) is 1.15. The maximum absolute atomic E-state index is 11.2. The maximum atomic E-state index is 11.2. The molecule has 0 heterocycles. The molecule has 1 rings (SSSR count). The fourth-order valence-corrected chi connectivity index (χ4v) is 1.64. The van der Waals surface area contributed by atoms with Gasteiger partial charge in [-0.1, -0.05) is 12.5 Å². The second-order valence-corrected chi connectivity index (χ2v) is 4.54. The van der Waals surface area contributed by atoms with Crippen LogP contribution in [-0.2, 0) is 4.79 Å². The molecule has 68 valence electrons. The molecule has 0 amide bonds. The standard InChI is InChI=1S/C10H16OS/c1-3-12-7-10(11)6-8(2)9-4-5-9/h6,9H,3-5,7H2,1-2H3/b8-6+. The molecule has 0 aromatic carbocycles. The molecule has 1 aliphatic carbocycles. The zero-order valence-corrected chi connectivity index (χ0v) is 8.62. The molecule has 0 radical (unpaired) electrons. The summed E-state index contributed by atoms with van der Waals surface area (Å²) < 4.78 is 0. The first kappa shape index (κ1) is 9.85. The third kappa shape index (κ3) is 3.44. The predicted molar refractivity (Wildman–Crippen MR) is 54.5 cm³/mol. The fraction of sp³-hybridized carbons (Fsp3) is 0.700. The predicted octanol–water partition coefficient (Wildman–Crippen LogP) is 2.66. The van der Waals surface area contributed by atoms with Crippen molar-refractivity contribution in [3.63, 3.8) is 0 Å². The third-order valence-electron chi connectivity index (χ3n) is 2.06. The van der Waals surface area contributed by atoms with Gasteiger partial charge in [0.15, 0.2) is 5.78 Å². The largest absolute Gasteiger partial charge is 0.294 e. The highest BCUT2D eigenvalue weighted by Gasteiger charge is 2.23. The lowest BCUT2D eigenvalue weighted by Crippen LogP contribution is -1.98. The highest BCUT2D eigenvalue weighted by atomic mass is 32.2. The number of ketones is 1. The molecule has 0 bridgehead atoms. The van der Waals surface area contributed by atoms with E-state index >= 15 is 0 Å². The zero-order chi connectivity index (χ0) is 8.97. The number of carbonyl (C=O) groups excluding carboxylic acids is 1. The summed E-state index contributed by atoms with van der Waals surface area (Å²) in [5.74, 6) is 2.70. The number of allylic oxidation sites excluding steroid dienone is 2. The van der Waals surface area contributed by atoms with E-state index in [1.165, 1.54) is 18.4 Å². The minimum atomic E-state index is 0.284. The van der Waals surface area contributed by atoms with E-state index in [4.69, 9.17) is 0 Å². The number of rotatable bonds is 5. The van der Waals surface area contributed by atoms with Crippen molar-refractivity contribution in [1.82, 2.24) is 0 Å². The number of hydrogen-bond donors (Lipinski definition) is 0. The molecule has 0 aliphatic heterocycles. The summed E-state index contributed by atoms with van der Waals surface area (Å²) in [5, 5.41) is 0. The summed E-state index contributed by atoms with van der Waals surface area (Å²) in [5.41, 5.74) is 1.29. The van der Waals surface area contributed by atoms with Gasteiger partial charge in [-0.3, -0.25) is 4.79 Å². The van der Waals surface area contributed by atoms with E-state index in [2.05, 4.69) is 13.8 Å². The Kier molecular flexibility index (Phi) is 3.86. The molecule has 1 nitrogen and oxygen atoms in total. The molecule has 0 aromatic rings. The van der Waals surface area contributed by atoms with Gasteiger partial charge in [0.2, 0.25) is 0 Å². The van der Waals surface area contributed by atoms with Crippen molar-refractivity contribution in [3.8, 4) is 0 Å². The Bertz CT molecular complexity index is 192. The molecule has 0 unspecified atom stereocenters. The Hall–Kier alpha value is -0.240. The van der Waals surface area contributed by atoms with Crippen LogP contribution in [0.25, 0.3) is 0 Å². The third-order valence-corrected chi connectivity index (χ3v) is 2.96. The summed E-state index contributed by atoms with van der Waals surface area (Å²) in [4.78, 5) is 11.2. The normalized spacial score (nSPS) is 18.0. The van der Waals surface area contributed by atoms with Gasteiger partial charge in [0, 0.05) is 0 Å². The van der Waals surface area contributed by atoms with Gasteiger partial charge in [-0.25, -0.2) is 0 Å². The highest BCUT2D eigenvalue weighted by molar-refractivity contribution is 7.99. The first-order valence-corrected chi connectivity index (χ1v) is 5.68. The lowest BCUT2D eigenvalue weighted by molar-refractivity contribution is -0.112. The SMILES string of the molecule is CCSCC(=O)/C=C(\C)C1CC1. The van der Waals surface area contributed by atoms with E-state index in [1.54, 1.807) is 11.8 Å². The zero-order valence-electron chi connectivity index (χ0n) is 7.80. The molecule has 0 N–H and O–H groups in total. The molecule has 1 aliphatic rings. The molecule has 0 saturated heterocycles. The first-order chi connectivity index (χ1) is 5.74. The van der Waals surface area contributed by atoms with Crippen molar-refractivity contribution >= 4 is 17.5 Å². The van der Waals surface area contributed by atoms with Crippen molar-refractivity contribution in [2.24, 2.45) is 5.92 Å². The summed E-state index contributed by atoms with van der Waals surface area (Å²) in [7, 11) is 0. The van der Waals surface area contributed by atoms with E-state index in [-0.39, 0.29) is 5.78 Å². The van der Waals surface area contributed by atoms with Crippen molar-refractivity contribution < 1.29 is 4.79 Å². The van der Waals surface area contributed by atoms with Crippen LogP contribution in [0, 0.1) is 5.92 Å². The van der Waals surface area contributed by atoms with E-state index in [0.29, 0.717) is 5.75 Å². The molecule has 1 saturated carbocycles. The summed E-state index contributed by atoms with van der Waals surface area (Å²) >= 11 is 1.70. The van der Waals surface area contributed by atoms with Gasteiger partial charge in [-0.15, -0.1) is 0 Å². The van der Waals surface area contributed by atoms with Crippen LogP contribution in [0.15, 0.2) is 11.6 Å². The topological polar surface area (TPSA) is 17.1 Å². The summed E-state index contributed by atoms with van der Waals surface area (Å²) in [6, 6.07) is 0.